The van der Waals surface area contributed by atoms with E-state index in [-0.39, 0.29) is 17.6 Å². The highest BCUT2D eigenvalue weighted by molar-refractivity contribution is 6.32. The number of nitrogens with zero attached hydrogens (tertiary/aromatic N) is 2. The van der Waals surface area contributed by atoms with Gasteiger partial charge in [-0.3, -0.25) is 4.79 Å². The topological polar surface area (TPSA) is 77.2 Å². The summed E-state index contributed by atoms with van der Waals surface area (Å²) >= 11 is 5.89. The Hall–Kier alpha value is -2.86. The van der Waals surface area contributed by atoms with Crippen LogP contribution < -0.4 is 10.1 Å². The number of amides is 1. The molecule has 24 heavy (non-hydrogen) atoms. The Morgan fingerprint density at radius 2 is 2.17 bits per heavy atom. The molecule has 1 aromatic carbocycles. The Bertz CT molecular complexity index is 864. The van der Waals surface area contributed by atoms with Crippen LogP contribution in [0.2, 0.25) is 5.15 Å². The van der Waals surface area contributed by atoms with Crippen molar-refractivity contribution in [1.29, 1.82) is 0 Å². The van der Waals surface area contributed by atoms with Crippen molar-refractivity contribution in [2.24, 2.45) is 0 Å². The summed E-state index contributed by atoms with van der Waals surface area (Å²) in [6.45, 7) is 0.195. The maximum atomic E-state index is 12.1. The molecule has 1 amide bonds. The molecule has 1 N–H and O–H groups in total. The molecule has 0 unspecified atom stereocenters. The van der Waals surface area contributed by atoms with Crippen LogP contribution in [-0.4, -0.2) is 23.2 Å². The molecule has 0 bridgehead atoms. The second kappa shape index (κ2) is 7.14. The number of hydrogen-bond acceptors (Lipinski definition) is 5. The molecule has 6 nitrogen and oxygen atoms in total. The quantitative estimate of drug-likeness (QED) is 0.719. The summed E-state index contributed by atoms with van der Waals surface area (Å²) in [6, 6.07) is 12.5. The second-order valence-corrected chi connectivity index (χ2v) is 5.29. The Labute approximate surface area is 143 Å². The molecule has 0 saturated carbocycles. The molecule has 2 aromatic heterocycles. The Kier molecular flexibility index (Phi) is 4.77. The van der Waals surface area contributed by atoms with Gasteiger partial charge in [-0.15, -0.1) is 0 Å². The maximum Gasteiger partial charge on any atom is 0.254 e. The van der Waals surface area contributed by atoms with Crippen molar-refractivity contribution in [1.82, 2.24) is 15.5 Å². The highest BCUT2D eigenvalue weighted by Gasteiger charge is 2.12. The first kappa shape index (κ1) is 16.0. The van der Waals surface area contributed by atoms with E-state index in [1.54, 1.807) is 25.3 Å². The van der Waals surface area contributed by atoms with Gasteiger partial charge in [0.15, 0.2) is 5.76 Å². The number of aromatic nitrogens is 2. The molecule has 3 rings (SSSR count). The van der Waals surface area contributed by atoms with Gasteiger partial charge in [0.2, 0.25) is 0 Å². The van der Waals surface area contributed by atoms with E-state index in [0.29, 0.717) is 17.0 Å². The van der Waals surface area contributed by atoms with Crippen molar-refractivity contribution in [2.45, 2.75) is 6.54 Å². The number of carbonyl (C=O) groups is 1. The standard InChI is InChI=1S/C17H14ClN3O3/c1-23-12-5-2-4-11(8-12)15-9-13(24-21-15)10-20-17(22)14-6-3-7-19-16(14)18/h2-9H,10H2,1H3,(H,20,22). The van der Waals surface area contributed by atoms with Crippen LogP contribution in [-0.2, 0) is 6.54 Å². The normalized spacial score (nSPS) is 10.4. The highest BCUT2D eigenvalue weighted by atomic mass is 35.5. The van der Waals surface area contributed by atoms with Crippen molar-refractivity contribution >= 4 is 17.5 Å². The third-order valence-corrected chi connectivity index (χ3v) is 3.65. The Balaban J connectivity index is 1.68. The lowest BCUT2D eigenvalue weighted by atomic mass is 10.1. The molecular formula is C17H14ClN3O3. The number of methoxy groups -OCH3 is 1. The second-order valence-electron chi connectivity index (χ2n) is 4.93. The largest absolute Gasteiger partial charge is 0.497 e. The van der Waals surface area contributed by atoms with E-state index in [9.17, 15) is 4.79 Å². The third-order valence-electron chi connectivity index (χ3n) is 3.35. The Morgan fingerprint density at radius 1 is 1.29 bits per heavy atom. The van der Waals surface area contributed by atoms with Crippen molar-refractivity contribution in [2.75, 3.05) is 7.11 Å². The van der Waals surface area contributed by atoms with E-state index in [4.69, 9.17) is 20.9 Å². The molecule has 0 aliphatic rings. The van der Waals surface area contributed by atoms with Crippen molar-refractivity contribution in [3.8, 4) is 17.0 Å². The average Bonchev–Trinajstić information content (AvgIpc) is 3.09. The smallest absolute Gasteiger partial charge is 0.254 e. The van der Waals surface area contributed by atoms with Gasteiger partial charge in [0, 0.05) is 17.8 Å². The van der Waals surface area contributed by atoms with Gasteiger partial charge in [0.05, 0.1) is 19.2 Å². The zero-order valence-corrected chi connectivity index (χ0v) is 13.6. The van der Waals surface area contributed by atoms with Crippen molar-refractivity contribution in [3.05, 3.63) is 65.1 Å². The average molecular weight is 344 g/mol. The molecule has 0 spiro atoms. The van der Waals surface area contributed by atoms with Gasteiger partial charge in [0.25, 0.3) is 5.91 Å². The Morgan fingerprint density at radius 3 is 2.96 bits per heavy atom. The number of pyridine rings is 1. The molecule has 7 heteroatoms. The summed E-state index contributed by atoms with van der Waals surface area (Å²) in [7, 11) is 1.60. The highest BCUT2D eigenvalue weighted by Crippen LogP contribution is 2.23. The zero-order chi connectivity index (χ0) is 16.9. The van der Waals surface area contributed by atoms with E-state index in [0.717, 1.165) is 11.3 Å². The first-order chi connectivity index (χ1) is 11.7. The lowest BCUT2D eigenvalue weighted by molar-refractivity contribution is 0.0947. The predicted molar refractivity (Wildman–Crippen MR) is 88.9 cm³/mol. The molecule has 3 aromatic rings. The minimum absolute atomic E-state index is 0.157. The van der Waals surface area contributed by atoms with Crippen LogP contribution in [0.4, 0.5) is 0 Å². The van der Waals surface area contributed by atoms with E-state index in [2.05, 4.69) is 15.5 Å². The number of nitrogens with one attached hydrogen (secondary N) is 1. The number of hydrogen-bond donors (Lipinski definition) is 1. The maximum absolute atomic E-state index is 12.1. The minimum atomic E-state index is -0.326. The van der Waals surface area contributed by atoms with Gasteiger partial charge in [-0.1, -0.05) is 28.9 Å². The molecule has 0 saturated heterocycles. The molecule has 2 heterocycles. The van der Waals surface area contributed by atoms with Crippen LogP contribution in [0.3, 0.4) is 0 Å². The zero-order valence-electron chi connectivity index (χ0n) is 12.8. The van der Waals surface area contributed by atoms with Crippen LogP contribution in [0, 0.1) is 0 Å². The number of ether oxygens (including phenoxy) is 1. The molecule has 0 aliphatic heterocycles. The van der Waals surface area contributed by atoms with Crippen LogP contribution in [0.1, 0.15) is 16.1 Å². The van der Waals surface area contributed by atoms with Gasteiger partial charge >= 0.3 is 0 Å². The van der Waals surface area contributed by atoms with Gasteiger partial charge < -0.3 is 14.6 Å². The molecular weight excluding hydrogens is 330 g/mol. The SMILES string of the molecule is COc1cccc(-c2cc(CNC(=O)c3cccnc3Cl)on2)c1. The fourth-order valence-corrected chi connectivity index (χ4v) is 2.34. The molecule has 0 fully saturated rings. The van der Waals surface area contributed by atoms with Crippen LogP contribution in [0.25, 0.3) is 11.3 Å². The fourth-order valence-electron chi connectivity index (χ4n) is 2.13. The van der Waals surface area contributed by atoms with Crippen LogP contribution in [0.5, 0.6) is 5.75 Å². The summed E-state index contributed by atoms with van der Waals surface area (Å²) in [5.74, 6) is 0.935. The third kappa shape index (κ3) is 3.55. The molecule has 0 aliphatic carbocycles. The number of rotatable bonds is 5. The summed E-state index contributed by atoms with van der Waals surface area (Å²) in [4.78, 5) is 16.0. The minimum Gasteiger partial charge on any atom is -0.497 e. The number of carbonyl (C=O) groups excluding carboxylic acids is 1. The van der Waals surface area contributed by atoms with E-state index < -0.39 is 0 Å². The summed E-state index contributed by atoms with van der Waals surface area (Å²) in [5.41, 5.74) is 1.84. The fraction of sp³-hybridized carbons (Fsp3) is 0.118. The molecule has 0 atom stereocenters. The lowest BCUT2D eigenvalue weighted by Crippen LogP contribution is -2.23. The van der Waals surface area contributed by atoms with Crippen molar-refractivity contribution < 1.29 is 14.1 Å². The van der Waals surface area contributed by atoms with Gasteiger partial charge in [-0.2, -0.15) is 0 Å². The van der Waals surface area contributed by atoms with Crippen molar-refractivity contribution in [3.63, 3.8) is 0 Å². The first-order valence-electron chi connectivity index (χ1n) is 7.16. The van der Waals surface area contributed by atoms with Gasteiger partial charge in [-0.05, 0) is 24.3 Å². The van der Waals surface area contributed by atoms with Gasteiger partial charge in [-0.25, -0.2) is 4.98 Å². The summed E-state index contributed by atoms with van der Waals surface area (Å²) in [6.07, 6.45) is 1.52. The summed E-state index contributed by atoms with van der Waals surface area (Å²) < 4.78 is 10.4. The molecule has 122 valence electrons. The molecule has 0 radical (unpaired) electrons. The van der Waals surface area contributed by atoms with E-state index >= 15 is 0 Å². The predicted octanol–water partition coefficient (Wildman–Crippen LogP) is 3.33. The number of benzene rings is 1. The number of halogens is 1. The lowest BCUT2D eigenvalue weighted by Gasteiger charge is -2.03. The van der Waals surface area contributed by atoms with Crippen LogP contribution >= 0.6 is 11.6 Å². The first-order valence-corrected chi connectivity index (χ1v) is 7.54. The van der Waals surface area contributed by atoms with Crippen LogP contribution in [0.15, 0.2) is 53.2 Å². The summed E-state index contributed by atoms with van der Waals surface area (Å²) in [5, 5.41) is 6.89. The van der Waals surface area contributed by atoms with E-state index in [1.807, 2.05) is 24.3 Å². The monoisotopic (exact) mass is 343 g/mol. The van der Waals surface area contributed by atoms with E-state index in [1.165, 1.54) is 6.20 Å². The van der Waals surface area contributed by atoms with Gasteiger partial charge in [0.1, 0.15) is 16.6 Å².